The number of nitrogens with zero attached hydrogens (tertiary/aromatic N) is 1. The number of rotatable bonds is 3. The monoisotopic (exact) mass is 284 g/mol. The molecule has 0 amide bonds. The molecule has 0 atom stereocenters. The molecule has 0 aliphatic heterocycles. The number of hydrogen-bond acceptors (Lipinski definition) is 3. The number of halogens is 1. The minimum atomic E-state index is 0.332. The van der Waals surface area contributed by atoms with Crippen LogP contribution in [0.15, 0.2) is 54.6 Å². The Hall–Kier alpha value is -2.26. The molecule has 100 valence electrons. The van der Waals surface area contributed by atoms with Crippen molar-refractivity contribution in [2.75, 3.05) is 5.73 Å². The van der Waals surface area contributed by atoms with Gasteiger partial charge in [-0.1, -0.05) is 41.9 Å². The van der Waals surface area contributed by atoms with Gasteiger partial charge in [-0.05, 0) is 24.3 Å². The lowest BCUT2D eigenvalue weighted by molar-refractivity contribution is 0.303. The van der Waals surface area contributed by atoms with E-state index in [9.17, 15) is 0 Å². The van der Waals surface area contributed by atoms with E-state index in [1.807, 2.05) is 36.4 Å². The zero-order valence-corrected chi connectivity index (χ0v) is 11.5. The van der Waals surface area contributed by atoms with Crippen LogP contribution in [0.3, 0.4) is 0 Å². The van der Waals surface area contributed by atoms with E-state index in [1.54, 1.807) is 18.2 Å². The Morgan fingerprint density at radius 3 is 2.70 bits per heavy atom. The van der Waals surface area contributed by atoms with Crippen molar-refractivity contribution in [3.63, 3.8) is 0 Å². The zero-order chi connectivity index (χ0) is 13.9. The molecule has 4 heteroatoms. The second-order valence-electron chi connectivity index (χ2n) is 4.44. The van der Waals surface area contributed by atoms with Gasteiger partial charge in [0, 0.05) is 5.39 Å². The summed E-state index contributed by atoms with van der Waals surface area (Å²) in [6.45, 7) is 0.332. The van der Waals surface area contributed by atoms with Crippen LogP contribution in [0.1, 0.15) is 5.69 Å². The molecule has 0 fully saturated rings. The highest BCUT2D eigenvalue weighted by molar-refractivity contribution is 6.32. The number of fused-ring (bicyclic) bond motifs is 1. The van der Waals surface area contributed by atoms with Gasteiger partial charge in [-0.2, -0.15) is 0 Å². The summed E-state index contributed by atoms with van der Waals surface area (Å²) in [4.78, 5) is 4.54. The third kappa shape index (κ3) is 2.53. The lowest BCUT2D eigenvalue weighted by Gasteiger charge is -2.10. The van der Waals surface area contributed by atoms with Crippen LogP contribution in [-0.2, 0) is 6.61 Å². The summed E-state index contributed by atoms with van der Waals surface area (Å²) in [5.41, 5.74) is 8.15. The predicted octanol–water partition coefficient (Wildman–Crippen LogP) is 4.05. The topological polar surface area (TPSA) is 48.1 Å². The third-order valence-corrected chi connectivity index (χ3v) is 3.32. The Kier molecular flexibility index (Phi) is 3.44. The smallest absolute Gasteiger partial charge is 0.161 e. The van der Waals surface area contributed by atoms with Gasteiger partial charge < -0.3 is 10.5 Å². The number of anilines is 1. The number of para-hydroxylation sites is 2. The Bertz CT molecular complexity index is 738. The van der Waals surface area contributed by atoms with E-state index in [2.05, 4.69) is 4.98 Å². The number of benzene rings is 2. The highest BCUT2D eigenvalue weighted by Crippen LogP contribution is 2.31. The summed E-state index contributed by atoms with van der Waals surface area (Å²) in [7, 11) is 0. The molecule has 0 saturated heterocycles. The number of pyridine rings is 1. The lowest BCUT2D eigenvalue weighted by atomic mass is 10.2. The summed E-state index contributed by atoms with van der Waals surface area (Å²) in [6.07, 6.45) is 0. The molecule has 0 spiro atoms. The molecule has 20 heavy (non-hydrogen) atoms. The molecule has 0 aliphatic rings. The van der Waals surface area contributed by atoms with Crippen molar-refractivity contribution < 1.29 is 4.74 Å². The minimum absolute atomic E-state index is 0.332. The van der Waals surface area contributed by atoms with Crippen LogP contribution < -0.4 is 10.5 Å². The van der Waals surface area contributed by atoms with Crippen LogP contribution in [-0.4, -0.2) is 4.98 Å². The Morgan fingerprint density at radius 2 is 1.85 bits per heavy atom. The largest absolute Gasteiger partial charge is 0.484 e. The first kappa shape index (κ1) is 12.8. The molecular weight excluding hydrogens is 272 g/mol. The van der Waals surface area contributed by atoms with Gasteiger partial charge in [-0.15, -0.1) is 0 Å². The number of nitrogens with two attached hydrogens (primary N) is 1. The fourth-order valence-corrected chi connectivity index (χ4v) is 2.25. The van der Waals surface area contributed by atoms with Crippen LogP contribution in [0.5, 0.6) is 5.75 Å². The molecule has 3 aromatic rings. The SMILES string of the molecule is Nc1cccc(Cl)c1OCc1ccc2ccccc2n1. The summed E-state index contributed by atoms with van der Waals surface area (Å²) < 4.78 is 5.68. The molecule has 3 nitrogen and oxygen atoms in total. The van der Waals surface area contributed by atoms with Gasteiger partial charge in [0.25, 0.3) is 0 Å². The van der Waals surface area contributed by atoms with Gasteiger partial charge >= 0.3 is 0 Å². The van der Waals surface area contributed by atoms with E-state index in [0.29, 0.717) is 23.1 Å². The first-order valence-electron chi connectivity index (χ1n) is 6.25. The molecule has 0 unspecified atom stereocenters. The van der Waals surface area contributed by atoms with Crippen LogP contribution >= 0.6 is 11.6 Å². The first-order valence-corrected chi connectivity index (χ1v) is 6.63. The zero-order valence-electron chi connectivity index (χ0n) is 10.7. The third-order valence-electron chi connectivity index (χ3n) is 3.02. The first-order chi connectivity index (χ1) is 9.74. The van der Waals surface area contributed by atoms with Crippen LogP contribution in [0, 0.1) is 0 Å². The summed E-state index contributed by atoms with van der Waals surface area (Å²) >= 11 is 6.07. The quantitative estimate of drug-likeness (QED) is 0.738. The maximum atomic E-state index is 6.07. The Morgan fingerprint density at radius 1 is 1.00 bits per heavy atom. The molecule has 1 aromatic heterocycles. The van der Waals surface area contributed by atoms with Crippen molar-refractivity contribution >= 4 is 28.2 Å². The molecule has 0 bridgehead atoms. The molecule has 1 heterocycles. The lowest BCUT2D eigenvalue weighted by Crippen LogP contribution is -2.01. The van der Waals surface area contributed by atoms with E-state index >= 15 is 0 Å². The maximum absolute atomic E-state index is 6.07. The predicted molar refractivity (Wildman–Crippen MR) is 81.9 cm³/mol. The second-order valence-corrected chi connectivity index (χ2v) is 4.85. The summed E-state index contributed by atoms with van der Waals surface area (Å²) in [5.74, 6) is 0.504. The van der Waals surface area contributed by atoms with E-state index in [-0.39, 0.29) is 0 Å². The van der Waals surface area contributed by atoms with Gasteiger partial charge in [0.2, 0.25) is 0 Å². The van der Waals surface area contributed by atoms with Gasteiger partial charge in [-0.3, -0.25) is 0 Å². The maximum Gasteiger partial charge on any atom is 0.161 e. The van der Waals surface area contributed by atoms with E-state index in [0.717, 1.165) is 16.6 Å². The van der Waals surface area contributed by atoms with Crippen molar-refractivity contribution in [3.05, 3.63) is 65.3 Å². The highest BCUT2D eigenvalue weighted by Gasteiger charge is 2.06. The summed E-state index contributed by atoms with van der Waals surface area (Å²) in [5, 5.41) is 1.61. The minimum Gasteiger partial charge on any atom is -0.484 e. The van der Waals surface area contributed by atoms with Crippen molar-refractivity contribution in [1.82, 2.24) is 4.98 Å². The number of nitrogen functional groups attached to an aromatic ring is 1. The van der Waals surface area contributed by atoms with Crippen molar-refractivity contribution in [2.24, 2.45) is 0 Å². The summed E-state index contributed by atoms with van der Waals surface area (Å²) in [6, 6.07) is 17.2. The molecular formula is C16H13ClN2O. The molecule has 0 aliphatic carbocycles. The normalized spacial score (nSPS) is 10.7. The van der Waals surface area contributed by atoms with Crippen LogP contribution in [0.4, 0.5) is 5.69 Å². The molecule has 0 saturated carbocycles. The standard InChI is InChI=1S/C16H13ClN2O/c17-13-5-3-6-14(18)16(13)20-10-12-9-8-11-4-1-2-7-15(11)19-12/h1-9H,10,18H2. The molecule has 0 radical (unpaired) electrons. The molecule has 2 aromatic carbocycles. The highest BCUT2D eigenvalue weighted by atomic mass is 35.5. The van der Waals surface area contributed by atoms with Gasteiger partial charge in [0.05, 0.1) is 21.9 Å². The van der Waals surface area contributed by atoms with Crippen molar-refractivity contribution in [3.8, 4) is 5.75 Å². The molecule has 3 rings (SSSR count). The number of ether oxygens (including phenoxy) is 1. The Balaban J connectivity index is 1.83. The number of aromatic nitrogens is 1. The fraction of sp³-hybridized carbons (Fsp3) is 0.0625. The number of hydrogen-bond donors (Lipinski definition) is 1. The van der Waals surface area contributed by atoms with Gasteiger partial charge in [0.15, 0.2) is 5.75 Å². The average Bonchev–Trinajstić information content (AvgIpc) is 2.46. The van der Waals surface area contributed by atoms with E-state index < -0.39 is 0 Å². The van der Waals surface area contributed by atoms with Crippen LogP contribution in [0.2, 0.25) is 5.02 Å². The van der Waals surface area contributed by atoms with Gasteiger partial charge in [-0.25, -0.2) is 4.98 Å². The average molecular weight is 285 g/mol. The van der Waals surface area contributed by atoms with Crippen molar-refractivity contribution in [2.45, 2.75) is 6.61 Å². The van der Waals surface area contributed by atoms with Crippen molar-refractivity contribution in [1.29, 1.82) is 0 Å². The second kappa shape index (κ2) is 5.39. The van der Waals surface area contributed by atoms with Gasteiger partial charge in [0.1, 0.15) is 6.61 Å². The van der Waals surface area contributed by atoms with E-state index in [4.69, 9.17) is 22.1 Å². The Labute approximate surface area is 122 Å². The van der Waals surface area contributed by atoms with Crippen LogP contribution in [0.25, 0.3) is 10.9 Å². The van der Waals surface area contributed by atoms with E-state index in [1.165, 1.54) is 0 Å². The molecule has 2 N–H and O–H groups in total. The fourth-order valence-electron chi connectivity index (χ4n) is 2.01.